The van der Waals surface area contributed by atoms with Crippen LogP contribution < -0.4 is 0 Å². The Balaban J connectivity index is 0.00000320. The molecular formula is C37H50. The lowest BCUT2D eigenvalue weighted by molar-refractivity contribution is 0.442. The Morgan fingerprint density at radius 2 is 1.00 bits per heavy atom. The molecule has 198 valence electrons. The van der Waals surface area contributed by atoms with Crippen molar-refractivity contribution in [2.24, 2.45) is 0 Å². The first-order valence-corrected chi connectivity index (χ1v) is 14.7. The van der Waals surface area contributed by atoms with Gasteiger partial charge in [-0.15, -0.1) is 0 Å². The van der Waals surface area contributed by atoms with Gasteiger partial charge in [0.1, 0.15) is 0 Å². The molecule has 37 heavy (non-hydrogen) atoms. The van der Waals surface area contributed by atoms with Crippen molar-refractivity contribution in [3.63, 3.8) is 0 Å². The largest absolute Gasteiger partial charge is 0.0776 e. The number of aryl methyl sites for hydroxylation is 5. The Labute approximate surface area is 227 Å². The standard InChI is InChI=1S/C36H46.CH4/c1-24-13-12-18-31(19-24)36(34-22-32(25(2)20-27(34)4)29-14-8-6-9-15-29)35-23-33(26(3)21-28(35)5)30-16-10-7-11-17-30;/h12-13,18-23,29-30,36H,6-11,14-17H2,1-5H3;1H4. The minimum absolute atomic E-state index is 0. The smallest absolute Gasteiger partial charge is 0.0345 e. The third kappa shape index (κ3) is 5.89. The van der Waals surface area contributed by atoms with Gasteiger partial charge in [0, 0.05) is 5.92 Å². The van der Waals surface area contributed by atoms with Gasteiger partial charge >= 0.3 is 0 Å². The minimum Gasteiger partial charge on any atom is -0.0776 e. The molecule has 0 aliphatic heterocycles. The summed E-state index contributed by atoms with van der Waals surface area (Å²) in [5.74, 6) is 1.75. The fourth-order valence-electron chi connectivity index (χ4n) is 7.48. The summed E-state index contributed by atoms with van der Waals surface area (Å²) in [4.78, 5) is 0. The Kier molecular flexibility index (Phi) is 8.99. The van der Waals surface area contributed by atoms with Crippen LogP contribution in [0.5, 0.6) is 0 Å². The van der Waals surface area contributed by atoms with Crippen LogP contribution in [0.2, 0.25) is 0 Å². The number of hydrogen-bond donors (Lipinski definition) is 0. The zero-order valence-electron chi connectivity index (χ0n) is 23.4. The van der Waals surface area contributed by atoms with Crippen LogP contribution in [0.15, 0.2) is 48.5 Å². The van der Waals surface area contributed by atoms with E-state index in [1.54, 1.807) is 11.1 Å². The zero-order valence-corrected chi connectivity index (χ0v) is 23.4. The summed E-state index contributed by atoms with van der Waals surface area (Å²) in [6.07, 6.45) is 13.8. The fourth-order valence-corrected chi connectivity index (χ4v) is 7.48. The van der Waals surface area contributed by atoms with Crippen molar-refractivity contribution >= 4 is 0 Å². The molecule has 2 aliphatic carbocycles. The number of hydrogen-bond acceptors (Lipinski definition) is 0. The highest BCUT2D eigenvalue weighted by molar-refractivity contribution is 5.54. The molecule has 0 nitrogen and oxygen atoms in total. The van der Waals surface area contributed by atoms with Crippen molar-refractivity contribution < 1.29 is 0 Å². The first-order chi connectivity index (χ1) is 17.4. The lowest BCUT2D eigenvalue weighted by Crippen LogP contribution is -2.13. The summed E-state index contributed by atoms with van der Waals surface area (Å²) in [6, 6.07) is 19.6. The molecule has 0 atom stereocenters. The van der Waals surface area contributed by atoms with Crippen LogP contribution in [0.4, 0.5) is 0 Å². The van der Waals surface area contributed by atoms with E-state index in [-0.39, 0.29) is 13.3 Å². The summed E-state index contributed by atoms with van der Waals surface area (Å²) in [7, 11) is 0. The summed E-state index contributed by atoms with van der Waals surface area (Å²) in [6.45, 7) is 11.6. The fraction of sp³-hybridized carbons (Fsp3) is 0.514. The third-order valence-corrected chi connectivity index (χ3v) is 9.40. The molecule has 5 rings (SSSR count). The Morgan fingerprint density at radius 1 is 0.541 bits per heavy atom. The Bertz CT molecular complexity index is 1130. The van der Waals surface area contributed by atoms with Crippen LogP contribution in [0, 0.1) is 34.6 Å². The van der Waals surface area contributed by atoms with Gasteiger partial charge < -0.3 is 0 Å². The van der Waals surface area contributed by atoms with E-state index in [2.05, 4.69) is 83.1 Å². The predicted molar refractivity (Wildman–Crippen MR) is 162 cm³/mol. The highest BCUT2D eigenvalue weighted by Crippen LogP contribution is 2.43. The van der Waals surface area contributed by atoms with E-state index in [1.165, 1.54) is 109 Å². The van der Waals surface area contributed by atoms with Crippen LogP contribution in [0.25, 0.3) is 0 Å². The molecule has 0 aromatic heterocycles. The Hall–Kier alpha value is -2.34. The summed E-state index contributed by atoms with van der Waals surface area (Å²) >= 11 is 0. The molecule has 0 heteroatoms. The van der Waals surface area contributed by atoms with Crippen molar-refractivity contribution in [2.75, 3.05) is 0 Å². The zero-order chi connectivity index (χ0) is 25.2. The topological polar surface area (TPSA) is 0 Å². The van der Waals surface area contributed by atoms with E-state index in [4.69, 9.17) is 0 Å². The van der Waals surface area contributed by atoms with Gasteiger partial charge in [0.05, 0.1) is 0 Å². The monoisotopic (exact) mass is 494 g/mol. The molecule has 3 aromatic rings. The molecule has 3 aromatic carbocycles. The number of rotatable bonds is 5. The second-order valence-corrected chi connectivity index (χ2v) is 12.1. The van der Waals surface area contributed by atoms with Crippen molar-refractivity contribution in [2.45, 2.75) is 124 Å². The van der Waals surface area contributed by atoms with Crippen LogP contribution in [-0.2, 0) is 0 Å². The minimum atomic E-state index is 0. The molecule has 2 aliphatic rings. The van der Waals surface area contributed by atoms with E-state index in [0.717, 1.165) is 11.8 Å². The van der Waals surface area contributed by atoms with Gasteiger partial charge in [-0.1, -0.05) is 100 Å². The molecule has 2 fully saturated rings. The molecule has 0 radical (unpaired) electrons. The molecule has 0 unspecified atom stereocenters. The maximum absolute atomic E-state index is 2.63. The van der Waals surface area contributed by atoms with E-state index in [0.29, 0.717) is 0 Å². The molecule has 0 spiro atoms. The first kappa shape index (κ1) is 27.7. The normalized spacial score (nSPS) is 17.1. The summed E-state index contributed by atoms with van der Waals surface area (Å²) in [5.41, 5.74) is 14.9. The molecule has 0 saturated heterocycles. The van der Waals surface area contributed by atoms with Crippen molar-refractivity contribution in [1.29, 1.82) is 0 Å². The lowest BCUT2D eigenvalue weighted by atomic mass is 9.74. The van der Waals surface area contributed by atoms with E-state index in [9.17, 15) is 0 Å². The molecule has 2 saturated carbocycles. The van der Waals surface area contributed by atoms with Gasteiger partial charge in [-0.25, -0.2) is 0 Å². The predicted octanol–water partition coefficient (Wildman–Crippen LogP) is 11.1. The second-order valence-electron chi connectivity index (χ2n) is 12.1. The quantitative estimate of drug-likeness (QED) is 0.309. The first-order valence-electron chi connectivity index (χ1n) is 14.7. The molecular weight excluding hydrogens is 444 g/mol. The van der Waals surface area contributed by atoms with E-state index < -0.39 is 0 Å². The lowest BCUT2D eigenvalue weighted by Gasteiger charge is -2.30. The average Bonchev–Trinajstić information content (AvgIpc) is 2.88. The van der Waals surface area contributed by atoms with Gasteiger partial charge in [-0.3, -0.25) is 0 Å². The third-order valence-electron chi connectivity index (χ3n) is 9.40. The van der Waals surface area contributed by atoms with Crippen LogP contribution in [0.1, 0.15) is 145 Å². The van der Waals surface area contributed by atoms with Crippen molar-refractivity contribution in [3.05, 3.63) is 104 Å². The average molecular weight is 495 g/mol. The molecule has 0 bridgehead atoms. The molecule has 0 amide bonds. The molecule has 0 N–H and O–H groups in total. The van der Waals surface area contributed by atoms with Crippen LogP contribution >= 0.6 is 0 Å². The summed E-state index contributed by atoms with van der Waals surface area (Å²) < 4.78 is 0. The van der Waals surface area contributed by atoms with Crippen LogP contribution in [-0.4, -0.2) is 0 Å². The van der Waals surface area contributed by atoms with Gasteiger partial charge in [0.15, 0.2) is 0 Å². The maximum Gasteiger partial charge on any atom is 0.0345 e. The van der Waals surface area contributed by atoms with E-state index >= 15 is 0 Å². The SMILES string of the molecule is C.Cc1cccc(C(c2cc(C3CCCCC3)c(C)cc2C)c2cc(C3CCCCC3)c(C)cc2C)c1. The summed E-state index contributed by atoms with van der Waals surface area (Å²) in [5, 5.41) is 0. The highest BCUT2D eigenvalue weighted by Gasteiger charge is 2.26. The number of benzene rings is 3. The highest BCUT2D eigenvalue weighted by atomic mass is 14.3. The van der Waals surface area contributed by atoms with Crippen LogP contribution in [0.3, 0.4) is 0 Å². The van der Waals surface area contributed by atoms with E-state index in [1.807, 2.05) is 0 Å². The van der Waals surface area contributed by atoms with Crippen molar-refractivity contribution in [3.8, 4) is 0 Å². The molecule has 0 heterocycles. The van der Waals surface area contributed by atoms with Gasteiger partial charge in [-0.05, 0) is 122 Å². The van der Waals surface area contributed by atoms with Gasteiger partial charge in [0.25, 0.3) is 0 Å². The van der Waals surface area contributed by atoms with Crippen molar-refractivity contribution in [1.82, 2.24) is 0 Å². The second kappa shape index (κ2) is 12.0. The Morgan fingerprint density at radius 3 is 1.43 bits per heavy atom. The van der Waals surface area contributed by atoms with Gasteiger partial charge in [-0.2, -0.15) is 0 Å². The maximum atomic E-state index is 2.63. The van der Waals surface area contributed by atoms with Gasteiger partial charge in [0.2, 0.25) is 0 Å².